The average molecular weight is 296 g/mol. The molecular weight excluding hydrogens is 272 g/mol. The van der Waals surface area contributed by atoms with Crippen LogP contribution in [0.3, 0.4) is 0 Å². The molecule has 0 aromatic carbocycles. The molecule has 1 aromatic heterocycles. The van der Waals surface area contributed by atoms with E-state index in [1.165, 1.54) is 4.68 Å². The minimum atomic E-state index is -0.786. The summed E-state index contributed by atoms with van der Waals surface area (Å²) in [7, 11) is 0. The minimum absolute atomic E-state index is 0.107. The summed E-state index contributed by atoms with van der Waals surface area (Å²) in [5.41, 5.74) is 0.488. The van der Waals surface area contributed by atoms with Crippen molar-refractivity contribution >= 4 is 11.9 Å². The van der Waals surface area contributed by atoms with Gasteiger partial charge in [0.05, 0.1) is 5.69 Å². The Labute approximate surface area is 124 Å². The fourth-order valence-corrected chi connectivity index (χ4v) is 1.79. The standard InChI is InChI=1S/C14H24N4O3/c1-10(13(21)15-14(2,3)4)18-9-11(16-17-18)7-5-6-8-12(19)20/h9-10H,5-8H2,1-4H3,(H,15,21)(H,19,20). The summed E-state index contributed by atoms with van der Waals surface area (Å²) < 4.78 is 1.54. The van der Waals surface area contributed by atoms with E-state index in [4.69, 9.17) is 5.11 Å². The van der Waals surface area contributed by atoms with E-state index < -0.39 is 12.0 Å². The molecule has 0 aliphatic carbocycles. The number of amides is 1. The van der Waals surface area contributed by atoms with E-state index in [1.54, 1.807) is 13.1 Å². The molecule has 0 spiro atoms. The van der Waals surface area contributed by atoms with Crippen LogP contribution in [-0.4, -0.2) is 37.5 Å². The largest absolute Gasteiger partial charge is 0.481 e. The van der Waals surface area contributed by atoms with Crippen LogP contribution < -0.4 is 5.32 Å². The fourth-order valence-electron chi connectivity index (χ4n) is 1.79. The van der Waals surface area contributed by atoms with Crippen molar-refractivity contribution in [1.29, 1.82) is 0 Å². The number of carboxylic acids is 1. The molecule has 1 atom stereocenters. The van der Waals surface area contributed by atoms with Crippen LogP contribution in [-0.2, 0) is 16.0 Å². The average Bonchev–Trinajstić information content (AvgIpc) is 2.80. The molecule has 0 aliphatic heterocycles. The SMILES string of the molecule is CC(C(=O)NC(C)(C)C)n1cc(CCCCC(=O)O)nn1. The van der Waals surface area contributed by atoms with E-state index >= 15 is 0 Å². The first kappa shape index (κ1) is 17.1. The molecular formula is C14H24N4O3. The lowest BCUT2D eigenvalue weighted by atomic mass is 10.1. The first-order valence-corrected chi connectivity index (χ1v) is 7.13. The molecule has 0 radical (unpaired) electrons. The number of carbonyl (C=O) groups excluding carboxylic acids is 1. The van der Waals surface area contributed by atoms with Gasteiger partial charge >= 0.3 is 5.97 Å². The predicted molar refractivity (Wildman–Crippen MR) is 77.8 cm³/mol. The second-order valence-electron chi connectivity index (χ2n) is 6.21. The zero-order valence-electron chi connectivity index (χ0n) is 13.1. The summed E-state index contributed by atoms with van der Waals surface area (Å²) in [6.45, 7) is 7.54. The number of hydrogen-bond acceptors (Lipinski definition) is 4. The molecule has 1 unspecified atom stereocenters. The van der Waals surface area contributed by atoms with Gasteiger partial charge in [0.15, 0.2) is 0 Å². The third-order valence-electron chi connectivity index (χ3n) is 2.91. The van der Waals surface area contributed by atoms with Gasteiger partial charge in [-0.3, -0.25) is 9.59 Å². The van der Waals surface area contributed by atoms with Gasteiger partial charge < -0.3 is 10.4 Å². The highest BCUT2D eigenvalue weighted by atomic mass is 16.4. The third kappa shape index (κ3) is 6.37. The number of aliphatic carboxylic acids is 1. The molecule has 1 heterocycles. The summed E-state index contributed by atoms with van der Waals surface area (Å²) in [6, 6.07) is -0.426. The van der Waals surface area contributed by atoms with Crippen molar-refractivity contribution in [1.82, 2.24) is 20.3 Å². The Morgan fingerprint density at radius 1 is 1.38 bits per heavy atom. The highest BCUT2D eigenvalue weighted by molar-refractivity contribution is 5.80. The van der Waals surface area contributed by atoms with Crippen molar-refractivity contribution in [2.45, 2.75) is 65.0 Å². The second kappa shape index (κ2) is 7.19. The molecule has 0 saturated heterocycles. The van der Waals surface area contributed by atoms with Crippen LogP contribution in [0.4, 0.5) is 0 Å². The Kier molecular flexibility index (Phi) is 5.87. The van der Waals surface area contributed by atoms with Crippen molar-refractivity contribution in [3.63, 3.8) is 0 Å². The first-order chi connectivity index (χ1) is 9.69. The van der Waals surface area contributed by atoms with E-state index in [-0.39, 0.29) is 17.9 Å². The van der Waals surface area contributed by atoms with Gasteiger partial charge in [0.2, 0.25) is 5.91 Å². The fraction of sp³-hybridized carbons (Fsp3) is 0.714. The highest BCUT2D eigenvalue weighted by Crippen LogP contribution is 2.10. The van der Waals surface area contributed by atoms with Gasteiger partial charge in [0, 0.05) is 18.2 Å². The van der Waals surface area contributed by atoms with Crippen LogP contribution in [0.15, 0.2) is 6.20 Å². The van der Waals surface area contributed by atoms with Gasteiger partial charge in [-0.1, -0.05) is 5.21 Å². The van der Waals surface area contributed by atoms with Crippen molar-refractivity contribution in [3.05, 3.63) is 11.9 Å². The normalized spacial score (nSPS) is 13.0. The predicted octanol–water partition coefficient (Wildman–Crippen LogP) is 1.55. The number of nitrogens with zero attached hydrogens (tertiary/aromatic N) is 3. The zero-order valence-corrected chi connectivity index (χ0v) is 13.1. The van der Waals surface area contributed by atoms with E-state index in [1.807, 2.05) is 20.8 Å². The van der Waals surface area contributed by atoms with Crippen LogP contribution >= 0.6 is 0 Å². The minimum Gasteiger partial charge on any atom is -0.481 e. The molecule has 7 heteroatoms. The topological polar surface area (TPSA) is 97.1 Å². The number of hydrogen-bond donors (Lipinski definition) is 2. The van der Waals surface area contributed by atoms with Crippen LogP contribution in [0.2, 0.25) is 0 Å². The molecule has 118 valence electrons. The zero-order chi connectivity index (χ0) is 16.0. The van der Waals surface area contributed by atoms with Crippen LogP contribution in [0.1, 0.15) is 58.7 Å². The highest BCUT2D eigenvalue weighted by Gasteiger charge is 2.21. The van der Waals surface area contributed by atoms with E-state index in [2.05, 4.69) is 15.6 Å². The number of unbranched alkanes of at least 4 members (excludes halogenated alkanes) is 1. The van der Waals surface area contributed by atoms with Gasteiger partial charge in [-0.25, -0.2) is 4.68 Å². The number of aromatic nitrogens is 3. The van der Waals surface area contributed by atoms with Crippen molar-refractivity contribution in [2.24, 2.45) is 0 Å². The Morgan fingerprint density at radius 3 is 2.62 bits per heavy atom. The van der Waals surface area contributed by atoms with Gasteiger partial charge in [0.1, 0.15) is 6.04 Å². The van der Waals surface area contributed by atoms with E-state index in [0.717, 1.165) is 12.1 Å². The summed E-state index contributed by atoms with van der Waals surface area (Å²) in [5.74, 6) is -0.893. The lowest BCUT2D eigenvalue weighted by molar-refractivity contribution is -0.137. The maximum atomic E-state index is 12.0. The molecule has 0 fully saturated rings. The molecule has 0 bridgehead atoms. The van der Waals surface area contributed by atoms with E-state index in [9.17, 15) is 9.59 Å². The van der Waals surface area contributed by atoms with E-state index in [0.29, 0.717) is 12.8 Å². The lowest BCUT2D eigenvalue weighted by Crippen LogP contribution is -2.43. The Bertz CT molecular complexity index is 491. The molecule has 21 heavy (non-hydrogen) atoms. The molecule has 0 aliphatic rings. The molecule has 7 nitrogen and oxygen atoms in total. The monoisotopic (exact) mass is 296 g/mol. The third-order valence-corrected chi connectivity index (χ3v) is 2.91. The molecule has 1 aromatic rings. The van der Waals surface area contributed by atoms with Crippen LogP contribution in [0.5, 0.6) is 0 Å². The van der Waals surface area contributed by atoms with Gasteiger partial charge in [-0.2, -0.15) is 0 Å². The van der Waals surface area contributed by atoms with Crippen molar-refractivity contribution < 1.29 is 14.7 Å². The first-order valence-electron chi connectivity index (χ1n) is 7.13. The summed E-state index contributed by atoms with van der Waals surface area (Å²) in [4.78, 5) is 22.5. The lowest BCUT2D eigenvalue weighted by Gasteiger charge is -2.23. The van der Waals surface area contributed by atoms with Crippen LogP contribution in [0.25, 0.3) is 0 Å². The number of carboxylic acid groups (broad SMARTS) is 1. The number of rotatable bonds is 7. The summed E-state index contributed by atoms with van der Waals surface area (Å²) in [6.07, 6.45) is 3.93. The number of nitrogens with one attached hydrogen (secondary N) is 1. The summed E-state index contributed by atoms with van der Waals surface area (Å²) in [5, 5.41) is 19.5. The Morgan fingerprint density at radius 2 is 2.05 bits per heavy atom. The second-order valence-corrected chi connectivity index (χ2v) is 6.21. The Balaban J connectivity index is 2.50. The molecule has 0 saturated carbocycles. The smallest absolute Gasteiger partial charge is 0.303 e. The Hall–Kier alpha value is -1.92. The summed E-state index contributed by atoms with van der Waals surface area (Å²) >= 11 is 0. The van der Waals surface area contributed by atoms with Gasteiger partial charge in [-0.15, -0.1) is 5.10 Å². The quantitative estimate of drug-likeness (QED) is 0.744. The molecule has 2 N–H and O–H groups in total. The van der Waals surface area contributed by atoms with Crippen molar-refractivity contribution in [3.8, 4) is 0 Å². The van der Waals surface area contributed by atoms with Gasteiger partial charge in [-0.05, 0) is 47.0 Å². The maximum Gasteiger partial charge on any atom is 0.303 e. The molecule has 1 amide bonds. The number of carbonyl (C=O) groups is 2. The van der Waals surface area contributed by atoms with Gasteiger partial charge in [0.25, 0.3) is 0 Å². The maximum absolute atomic E-state index is 12.0. The molecule has 1 rings (SSSR count). The van der Waals surface area contributed by atoms with Crippen LogP contribution in [0, 0.1) is 0 Å². The van der Waals surface area contributed by atoms with Crippen molar-refractivity contribution in [2.75, 3.05) is 0 Å². The number of aryl methyl sites for hydroxylation is 1.